The number of nitrogens with one attached hydrogen (secondary N) is 1. The molecule has 1 aliphatic rings. The second kappa shape index (κ2) is 6.04. The van der Waals surface area contributed by atoms with E-state index >= 15 is 0 Å². The predicted molar refractivity (Wildman–Crippen MR) is 72.3 cm³/mol. The first-order valence-corrected chi connectivity index (χ1v) is 6.05. The van der Waals surface area contributed by atoms with Gasteiger partial charge in [-0.3, -0.25) is 9.59 Å². The number of hydrogen-bond donors (Lipinski definition) is 2. The van der Waals surface area contributed by atoms with E-state index < -0.39 is 23.9 Å². The van der Waals surface area contributed by atoms with Crippen molar-refractivity contribution in [3.63, 3.8) is 0 Å². The third-order valence-electron chi connectivity index (χ3n) is 2.98. The summed E-state index contributed by atoms with van der Waals surface area (Å²) in [5, 5.41) is 13.7. The van der Waals surface area contributed by atoms with Gasteiger partial charge in [0.2, 0.25) is 0 Å². The molecule has 1 fully saturated rings. The van der Waals surface area contributed by atoms with Crippen LogP contribution in [0, 0.1) is 0 Å². The van der Waals surface area contributed by atoms with E-state index in [-0.39, 0.29) is 6.42 Å². The second-order valence-corrected chi connectivity index (χ2v) is 4.29. The lowest BCUT2D eigenvalue weighted by Gasteiger charge is -2.12. The number of methoxy groups -OCH3 is 1. The van der Waals surface area contributed by atoms with Crippen molar-refractivity contribution in [1.29, 1.82) is 0 Å². The standard InChI is InChI=1S/C13H13N3O5/c1-21-11(17)6-10-12(18)16(13(19)15-10)9-4-2-8(3-5-9)7-14-20/h2-5,7,10,20H,6H2,1H3,(H,15,19). The number of anilines is 1. The Hall–Kier alpha value is -2.90. The number of urea groups is 1. The fourth-order valence-electron chi connectivity index (χ4n) is 1.94. The molecule has 1 atom stereocenters. The van der Waals surface area contributed by atoms with Crippen LogP contribution < -0.4 is 10.2 Å². The number of oxime groups is 1. The fraction of sp³-hybridized carbons (Fsp3) is 0.231. The molecule has 2 N–H and O–H groups in total. The highest BCUT2D eigenvalue weighted by molar-refractivity contribution is 6.22. The molecule has 0 saturated carbocycles. The van der Waals surface area contributed by atoms with E-state index in [0.717, 1.165) is 4.90 Å². The minimum atomic E-state index is -0.927. The number of nitrogens with zero attached hydrogens (tertiary/aromatic N) is 2. The molecule has 1 aromatic carbocycles. The Morgan fingerprint density at radius 3 is 2.67 bits per heavy atom. The monoisotopic (exact) mass is 291 g/mol. The molecule has 1 aromatic rings. The van der Waals surface area contributed by atoms with Gasteiger partial charge >= 0.3 is 12.0 Å². The van der Waals surface area contributed by atoms with Gasteiger partial charge < -0.3 is 15.3 Å². The van der Waals surface area contributed by atoms with Crippen LogP contribution in [0.3, 0.4) is 0 Å². The first kappa shape index (κ1) is 14.5. The summed E-state index contributed by atoms with van der Waals surface area (Å²) in [5.41, 5.74) is 0.972. The Kier molecular flexibility index (Phi) is 4.17. The molecule has 0 spiro atoms. The molecule has 1 heterocycles. The van der Waals surface area contributed by atoms with Crippen LogP contribution in [0.1, 0.15) is 12.0 Å². The Balaban J connectivity index is 2.18. The molecule has 1 aliphatic heterocycles. The summed E-state index contributed by atoms with van der Waals surface area (Å²) >= 11 is 0. The maximum Gasteiger partial charge on any atom is 0.329 e. The van der Waals surface area contributed by atoms with Gasteiger partial charge in [-0.15, -0.1) is 0 Å². The summed E-state index contributed by atoms with van der Waals surface area (Å²) in [5.74, 6) is -1.10. The van der Waals surface area contributed by atoms with E-state index in [9.17, 15) is 14.4 Å². The molecule has 1 saturated heterocycles. The van der Waals surface area contributed by atoms with Gasteiger partial charge in [0.05, 0.1) is 25.4 Å². The minimum Gasteiger partial charge on any atom is -0.469 e. The van der Waals surface area contributed by atoms with E-state index in [1.165, 1.54) is 25.5 Å². The van der Waals surface area contributed by atoms with E-state index in [1.54, 1.807) is 12.1 Å². The van der Waals surface area contributed by atoms with Crippen LogP contribution in [0.4, 0.5) is 10.5 Å². The number of ether oxygens (including phenoxy) is 1. The van der Waals surface area contributed by atoms with Crippen molar-refractivity contribution in [2.75, 3.05) is 12.0 Å². The van der Waals surface area contributed by atoms with Crippen LogP contribution in [0.15, 0.2) is 29.4 Å². The summed E-state index contributed by atoms with van der Waals surface area (Å²) in [6.07, 6.45) is 1.00. The van der Waals surface area contributed by atoms with Gasteiger partial charge in [-0.25, -0.2) is 9.69 Å². The van der Waals surface area contributed by atoms with Crippen LogP contribution in [-0.4, -0.2) is 42.5 Å². The van der Waals surface area contributed by atoms with Crippen molar-refractivity contribution in [2.24, 2.45) is 5.16 Å². The van der Waals surface area contributed by atoms with Crippen LogP contribution in [-0.2, 0) is 14.3 Å². The highest BCUT2D eigenvalue weighted by Gasteiger charge is 2.40. The van der Waals surface area contributed by atoms with Gasteiger partial charge in [0, 0.05) is 0 Å². The molecule has 110 valence electrons. The number of carbonyl (C=O) groups excluding carboxylic acids is 3. The fourth-order valence-corrected chi connectivity index (χ4v) is 1.94. The predicted octanol–water partition coefficient (Wildman–Crippen LogP) is 0.483. The first-order chi connectivity index (χ1) is 10.1. The smallest absolute Gasteiger partial charge is 0.329 e. The lowest BCUT2D eigenvalue weighted by Crippen LogP contribution is -2.32. The molecule has 8 nitrogen and oxygen atoms in total. The highest BCUT2D eigenvalue weighted by Crippen LogP contribution is 2.21. The van der Waals surface area contributed by atoms with Gasteiger partial charge in [0.15, 0.2) is 0 Å². The molecule has 21 heavy (non-hydrogen) atoms. The molecular formula is C13H13N3O5. The number of amides is 3. The quantitative estimate of drug-likeness (QED) is 0.276. The van der Waals surface area contributed by atoms with E-state index in [1.807, 2.05) is 0 Å². The van der Waals surface area contributed by atoms with Gasteiger partial charge in [-0.1, -0.05) is 17.3 Å². The summed E-state index contributed by atoms with van der Waals surface area (Å²) in [6.45, 7) is 0. The van der Waals surface area contributed by atoms with Gasteiger partial charge in [0.25, 0.3) is 5.91 Å². The molecule has 0 radical (unpaired) electrons. The van der Waals surface area contributed by atoms with Crippen LogP contribution in [0.5, 0.6) is 0 Å². The third kappa shape index (κ3) is 2.99. The Morgan fingerprint density at radius 1 is 1.43 bits per heavy atom. The van der Waals surface area contributed by atoms with E-state index in [2.05, 4.69) is 15.2 Å². The number of imide groups is 1. The summed E-state index contributed by atoms with van der Waals surface area (Å²) < 4.78 is 4.48. The number of carbonyl (C=O) groups is 3. The maximum atomic E-state index is 12.1. The molecule has 0 aromatic heterocycles. The minimum absolute atomic E-state index is 0.215. The lowest BCUT2D eigenvalue weighted by molar-refractivity contribution is -0.142. The van der Waals surface area contributed by atoms with Gasteiger partial charge in [-0.05, 0) is 17.7 Å². The van der Waals surface area contributed by atoms with Crippen molar-refractivity contribution in [2.45, 2.75) is 12.5 Å². The molecule has 0 bridgehead atoms. The molecule has 1 unspecified atom stereocenters. The highest BCUT2D eigenvalue weighted by atomic mass is 16.5. The molecular weight excluding hydrogens is 278 g/mol. The Bertz CT molecular complexity index is 596. The van der Waals surface area contributed by atoms with Crippen molar-refractivity contribution >= 4 is 29.8 Å². The molecule has 8 heteroatoms. The zero-order valence-electron chi connectivity index (χ0n) is 11.1. The number of hydrogen-bond acceptors (Lipinski definition) is 6. The van der Waals surface area contributed by atoms with E-state index in [0.29, 0.717) is 11.3 Å². The zero-order chi connectivity index (χ0) is 15.4. The summed E-state index contributed by atoms with van der Waals surface area (Å²) in [6, 6.07) is 4.72. The molecule has 0 aliphatic carbocycles. The van der Waals surface area contributed by atoms with Crippen molar-refractivity contribution < 1.29 is 24.3 Å². The third-order valence-corrected chi connectivity index (χ3v) is 2.98. The average molecular weight is 291 g/mol. The largest absolute Gasteiger partial charge is 0.469 e. The van der Waals surface area contributed by atoms with Crippen molar-refractivity contribution in [1.82, 2.24) is 5.32 Å². The van der Waals surface area contributed by atoms with Gasteiger partial charge in [-0.2, -0.15) is 0 Å². The first-order valence-electron chi connectivity index (χ1n) is 6.05. The Labute approximate surface area is 120 Å². The SMILES string of the molecule is COC(=O)CC1NC(=O)N(c2ccc(C=NO)cc2)C1=O. The maximum absolute atomic E-state index is 12.1. The average Bonchev–Trinajstić information content (AvgIpc) is 2.75. The van der Waals surface area contributed by atoms with Crippen LogP contribution in [0.25, 0.3) is 0 Å². The van der Waals surface area contributed by atoms with Crippen LogP contribution >= 0.6 is 0 Å². The lowest BCUT2D eigenvalue weighted by atomic mass is 10.2. The van der Waals surface area contributed by atoms with Crippen molar-refractivity contribution in [3.05, 3.63) is 29.8 Å². The second-order valence-electron chi connectivity index (χ2n) is 4.29. The summed E-state index contributed by atoms with van der Waals surface area (Å²) in [7, 11) is 1.21. The van der Waals surface area contributed by atoms with Crippen molar-refractivity contribution in [3.8, 4) is 0 Å². The number of benzene rings is 1. The van der Waals surface area contributed by atoms with E-state index in [4.69, 9.17) is 5.21 Å². The summed E-state index contributed by atoms with van der Waals surface area (Å²) in [4.78, 5) is 36.1. The molecule has 3 amide bonds. The zero-order valence-corrected chi connectivity index (χ0v) is 11.1. The van der Waals surface area contributed by atoms with Crippen LogP contribution in [0.2, 0.25) is 0 Å². The molecule has 2 rings (SSSR count). The topological polar surface area (TPSA) is 108 Å². The Morgan fingerprint density at radius 2 is 2.10 bits per heavy atom. The normalized spacial score (nSPS) is 18.1. The van der Waals surface area contributed by atoms with Gasteiger partial charge in [0.1, 0.15) is 6.04 Å². The number of esters is 1. The number of rotatable bonds is 4.